The lowest BCUT2D eigenvalue weighted by Crippen LogP contribution is -2.16. The van der Waals surface area contributed by atoms with Gasteiger partial charge in [-0.1, -0.05) is 41.9 Å². The van der Waals surface area contributed by atoms with Crippen LogP contribution >= 0.6 is 11.6 Å². The summed E-state index contributed by atoms with van der Waals surface area (Å²) >= 11 is 5.12. The second-order valence-corrected chi connectivity index (χ2v) is 4.29. The van der Waals surface area contributed by atoms with E-state index >= 15 is 0 Å². The molecule has 0 heterocycles. The summed E-state index contributed by atoms with van der Waals surface area (Å²) in [5, 5.41) is -1.50. The average Bonchev–Trinajstić information content (AvgIpc) is 2.40. The predicted molar refractivity (Wildman–Crippen MR) is 70.8 cm³/mol. The van der Waals surface area contributed by atoms with E-state index < -0.39 is 17.2 Å². The molecule has 0 saturated heterocycles. The molecule has 0 aliphatic carbocycles. The average molecular weight is 302 g/mol. The zero-order valence-electron chi connectivity index (χ0n) is 9.96. The Morgan fingerprint density at radius 1 is 1.00 bits per heavy atom. The van der Waals surface area contributed by atoms with Crippen LogP contribution in [0.2, 0.25) is 0 Å². The fourth-order valence-electron chi connectivity index (χ4n) is 1.62. The minimum absolute atomic E-state index is 0.0417. The van der Waals surface area contributed by atoms with Crippen LogP contribution in [-0.4, -0.2) is 11.3 Å². The van der Waals surface area contributed by atoms with Gasteiger partial charge in [-0.15, -0.1) is 0 Å². The van der Waals surface area contributed by atoms with Gasteiger partial charge in [0.25, 0.3) is 0 Å². The van der Waals surface area contributed by atoms with Crippen molar-refractivity contribution in [3.05, 3.63) is 54.3 Å². The summed E-state index contributed by atoms with van der Waals surface area (Å²) in [5.74, 6) is -0.564. The van der Waals surface area contributed by atoms with E-state index in [0.717, 1.165) is 18.2 Å². The number of halogens is 5. The highest BCUT2D eigenvalue weighted by Crippen LogP contribution is 2.33. The van der Waals surface area contributed by atoms with Gasteiger partial charge in [-0.2, -0.15) is 13.2 Å². The predicted octanol–water partition coefficient (Wildman–Crippen LogP) is 5.32. The number of hydrogen-bond acceptors (Lipinski definition) is 1. The Kier molecular flexibility index (Phi) is 4.09. The second-order valence-electron chi connectivity index (χ2n) is 3.93. The van der Waals surface area contributed by atoms with E-state index in [2.05, 4.69) is 4.99 Å². The van der Waals surface area contributed by atoms with E-state index in [0.29, 0.717) is 5.56 Å². The van der Waals surface area contributed by atoms with Crippen molar-refractivity contribution in [1.29, 1.82) is 0 Å². The van der Waals surface area contributed by atoms with Crippen molar-refractivity contribution in [1.82, 2.24) is 0 Å². The molecule has 0 aliphatic rings. The first-order chi connectivity index (χ1) is 9.38. The monoisotopic (exact) mass is 301 g/mol. The molecule has 1 nitrogen and oxygen atoms in total. The summed E-state index contributed by atoms with van der Waals surface area (Å²) in [6.07, 6.45) is -4.73. The molecule has 2 rings (SSSR count). The van der Waals surface area contributed by atoms with Crippen molar-refractivity contribution in [2.24, 2.45) is 4.99 Å². The maximum Gasteiger partial charge on any atom is 0.444 e. The number of nitrogens with zero attached hydrogens (tertiary/aromatic N) is 1. The fraction of sp³-hybridized carbons (Fsp3) is 0.0714. The van der Waals surface area contributed by atoms with Crippen LogP contribution in [0.5, 0.6) is 0 Å². The number of hydrogen-bond donors (Lipinski definition) is 0. The molecular weight excluding hydrogens is 294 g/mol. The van der Waals surface area contributed by atoms with Gasteiger partial charge in [0.15, 0.2) is 0 Å². The molecule has 0 aliphatic heterocycles. The topological polar surface area (TPSA) is 12.4 Å². The molecule has 0 bridgehead atoms. The Labute approximate surface area is 117 Å². The first kappa shape index (κ1) is 14.5. The Morgan fingerprint density at radius 2 is 1.65 bits per heavy atom. The van der Waals surface area contributed by atoms with Crippen LogP contribution in [-0.2, 0) is 0 Å². The highest BCUT2D eigenvalue weighted by molar-refractivity contribution is 6.67. The van der Waals surface area contributed by atoms with Crippen molar-refractivity contribution in [3.8, 4) is 11.1 Å². The summed E-state index contributed by atoms with van der Waals surface area (Å²) in [6.45, 7) is 0. The molecule has 2 aromatic carbocycles. The third-order valence-electron chi connectivity index (χ3n) is 2.50. The van der Waals surface area contributed by atoms with Crippen molar-refractivity contribution in [3.63, 3.8) is 0 Å². The lowest BCUT2D eigenvalue weighted by atomic mass is 10.0. The van der Waals surface area contributed by atoms with Gasteiger partial charge in [-0.25, -0.2) is 9.38 Å². The maximum absolute atomic E-state index is 13.3. The fourth-order valence-corrected chi connectivity index (χ4v) is 1.71. The van der Waals surface area contributed by atoms with E-state index in [-0.39, 0.29) is 11.3 Å². The summed E-state index contributed by atoms with van der Waals surface area (Å²) in [6, 6.07) is 11.7. The SMILES string of the molecule is Fc1ccc(N=C(Cl)C(F)(F)F)c(-c2ccccc2)c1. The van der Waals surface area contributed by atoms with Gasteiger partial charge in [0.1, 0.15) is 5.82 Å². The van der Waals surface area contributed by atoms with Crippen LogP contribution in [0, 0.1) is 5.82 Å². The second kappa shape index (κ2) is 5.63. The molecule has 0 unspecified atom stereocenters. The summed E-state index contributed by atoms with van der Waals surface area (Å²) in [7, 11) is 0. The minimum atomic E-state index is -4.73. The molecule has 20 heavy (non-hydrogen) atoms. The van der Waals surface area contributed by atoms with E-state index in [1.165, 1.54) is 0 Å². The lowest BCUT2D eigenvalue weighted by molar-refractivity contribution is -0.0558. The van der Waals surface area contributed by atoms with Crippen molar-refractivity contribution >= 4 is 22.5 Å². The molecule has 104 valence electrons. The number of benzene rings is 2. The number of rotatable bonds is 2. The highest BCUT2D eigenvalue weighted by atomic mass is 35.5. The smallest absolute Gasteiger partial charge is 0.232 e. The molecule has 0 saturated carbocycles. The standard InChI is InChI=1S/C14H8ClF4N/c15-13(14(17,18)19)20-12-7-6-10(16)8-11(12)9-4-2-1-3-5-9/h1-8H. The molecule has 2 aromatic rings. The van der Waals surface area contributed by atoms with Crippen molar-refractivity contribution in [2.75, 3.05) is 0 Å². The largest absolute Gasteiger partial charge is 0.444 e. The quantitative estimate of drug-likeness (QED) is 0.525. The molecule has 0 fully saturated rings. The summed E-state index contributed by atoms with van der Waals surface area (Å²) in [4.78, 5) is 3.34. The zero-order chi connectivity index (χ0) is 14.8. The van der Waals surface area contributed by atoms with Gasteiger partial charge < -0.3 is 0 Å². The van der Waals surface area contributed by atoms with Gasteiger partial charge in [0, 0.05) is 5.56 Å². The Balaban J connectivity index is 2.56. The zero-order valence-corrected chi connectivity index (χ0v) is 10.7. The van der Waals surface area contributed by atoms with Gasteiger partial charge in [-0.3, -0.25) is 0 Å². The first-order valence-electron chi connectivity index (χ1n) is 5.54. The van der Waals surface area contributed by atoms with E-state index in [9.17, 15) is 17.6 Å². The third kappa shape index (κ3) is 3.36. The molecule has 0 spiro atoms. The highest BCUT2D eigenvalue weighted by Gasteiger charge is 2.34. The normalized spacial score (nSPS) is 12.6. The van der Waals surface area contributed by atoms with Crippen molar-refractivity contribution < 1.29 is 17.6 Å². The Bertz CT molecular complexity index is 635. The maximum atomic E-state index is 13.3. The van der Waals surface area contributed by atoms with Gasteiger partial charge in [0.05, 0.1) is 5.69 Å². The van der Waals surface area contributed by atoms with E-state index in [1.54, 1.807) is 30.3 Å². The molecule has 0 radical (unpaired) electrons. The van der Waals surface area contributed by atoms with Crippen LogP contribution < -0.4 is 0 Å². The van der Waals surface area contributed by atoms with Crippen LogP contribution in [0.4, 0.5) is 23.2 Å². The van der Waals surface area contributed by atoms with Crippen LogP contribution in [0.1, 0.15) is 0 Å². The molecular formula is C14H8ClF4N. The minimum Gasteiger partial charge on any atom is -0.232 e. The first-order valence-corrected chi connectivity index (χ1v) is 5.92. The number of aliphatic imine (C=N–C) groups is 1. The summed E-state index contributed by atoms with van der Waals surface area (Å²) in [5.41, 5.74) is 0.755. The van der Waals surface area contributed by atoms with Gasteiger partial charge in [0.2, 0.25) is 5.17 Å². The van der Waals surface area contributed by atoms with Crippen LogP contribution in [0.3, 0.4) is 0 Å². The molecule has 0 aromatic heterocycles. The van der Waals surface area contributed by atoms with Crippen LogP contribution in [0.15, 0.2) is 53.5 Å². The summed E-state index contributed by atoms with van der Waals surface area (Å²) < 4.78 is 50.5. The van der Waals surface area contributed by atoms with Crippen LogP contribution in [0.25, 0.3) is 11.1 Å². The Hall–Kier alpha value is -1.88. The Morgan fingerprint density at radius 3 is 2.25 bits per heavy atom. The van der Waals surface area contributed by atoms with Gasteiger partial charge >= 0.3 is 6.18 Å². The molecule has 0 N–H and O–H groups in total. The number of alkyl halides is 3. The van der Waals surface area contributed by atoms with E-state index in [4.69, 9.17) is 11.6 Å². The third-order valence-corrected chi connectivity index (χ3v) is 2.79. The molecule has 6 heteroatoms. The van der Waals surface area contributed by atoms with E-state index in [1.807, 2.05) is 0 Å². The molecule has 0 atom stereocenters. The lowest BCUT2D eigenvalue weighted by Gasteiger charge is -2.08. The van der Waals surface area contributed by atoms with Crippen molar-refractivity contribution in [2.45, 2.75) is 6.18 Å². The molecule has 0 amide bonds. The van der Waals surface area contributed by atoms with Gasteiger partial charge in [-0.05, 0) is 23.8 Å².